The van der Waals surface area contributed by atoms with Crippen molar-refractivity contribution < 1.29 is 59.9 Å². The molecular weight excluding hydrogens is 630 g/mol. The highest BCUT2D eigenvalue weighted by Crippen LogP contribution is 2.56. The fraction of sp³-hybridized carbons (Fsp3) is 0.111. The van der Waals surface area contributed by atoms with Gasteiger partial charge >= 0.3 is 33.2 Å². The van der Waals surface area contributed by atoms with Crippen molar-refractivity contribution in [2.75, 3.05) is 0 Å². The molecule has 4 aromatic carbocycles. The lowest BCUT2D eigenvalue weighted by atomic mass is 9.73. The summed E-state index contributed by atoms with van der Waals surface area (Å²) in [4.78, 5) is 0. The predicted octanol–water partition coefficient (Wildman–Crippen LogP) is 6.50. The molecule has 0 aromatic heterocycles. The highest BCUT2D eigenvalue weighted by Gasteiger charge is 2.72. The van der Waals surface area contributed by atoms with Crippen LogP contribution in [0.25, 0.3) is 0 Å². The van der Waals surface area contributed by atoms with E-state index in [0.717, 1.165) is 0 Å². The molecule has 0 saturated carbocycles. The molecule has 0 radical (unpaired) electrons. The maximum atomic E-state index is 14.5. The zero-order valence-electron chi connectivity index (χ0n) is 21.2. The maximum absolute atomic E-state index is 14.5. The van der Waals surface area contributed by atoms with Crippen LogP contribution in [0.5, 0.6) is 23.0 Å². The summed E-state index contributed by atoms with van der Waals surface area (Å²) in [6, 6.07) is 18.0. The molecule has 0 saturated heterocycles. The van der Waals surface area contributed by atoms with Crippen molar-refractivity contribution in [3.8, 4) is 23.0 Å². The molecule has 4 rings (SSSR count). The highest BCUT2D eigenvalue weighted by atomic mass is 32.3. The molecule has 0 unspecified atom stereocenters. The van der Waals surface area contributed by atoms with Gasteiger partial charge in [-0.2, -0.15) is 26.3 Å². The molecule has 0 heterocycles. The summed E-state index contributed by atoms with van der Waals surface area (Å²) >= 11 is 0. The van der Waals surface area contributed by atoms with E-state index in [4.69, 9.17) is 0 Å². The summed E-state index contributed by atoms with van der Waals surface area (Å²) in [6.07, 6.45) is -12.0. The van der Waals surface area contributed by atoms with Gasteiger partial charge in [-0.3, -0.25) is 0 Å². The minimum atomic E-state index is -5.99. The van der Waals surface area contributed by atoms with Crippen molar-refractivity contribution in [2.45, 2.75) is 17.8 Å². The standard InChI is InChI=1S/C27H18F6O8S2/c28-26(29,30)25(27(31,32)33,19-11-15-23(16-12-19)40-42(34,35)38-21-7-3-1-4-8-21)20-13-17-24(18-14-20)41-43(36,37)39-22-9-5-2-6-10-22/h1-18H. The second-order valence-corrected chi connectivity index (χ2v) is 10.9. The number of benzene rings is 4. The molecule has 8 nitrogen and oxygen atoms in total. The van der Waals surface area contributed by atoms with E-state index in [1.54, 1.807) is 12.1 Å². The number of hydrogen-bond donors (Lipinski definition) is 0. The monoisotopic (exact) mass is 648 g/mol. The van der Waals surface area contributed by atoms with Gasteiger partial charge in [0.1, 0.15) is 23.0 Å². The molecule has 0 atom stereocenters. The van der Waals surface area contributed by atoms with E-state index >= 15 is 0 Å². The van der Waals surface area contributed by atoms with Crippen LogP contribution >= 0.6 is 0 Å². The smallest absolute Gasteiger partial charge is 0.353 e. The Labute approximate surface area is 241 Å². The average Bonchev–Trinajstić information content (AvgIpc) is 2.89. The molecule has 0 spiro atoms. The van der Waals surface area contributed by atoms with Crippen LogP contribution in [0.4, 0.5) is 26.3 Å². The number of para-hydroxylation sites is 2. The van der Waals surface area contributed by atoms with Gasteiger partial charge in [0.25, 0.3) is 0 Å². The zero-order valence-corrected chi connectivity index (χ0v) is 22.9. The van der Waals surface area contributed by atoms with Crippen molar-refractivity contribution in [2.24, 2.45) is 0 Å². The van der Waals surface area contributed by atoms with E-state index < -0.39 is 61.2 Å². The third kappa shape index (κ3) is 7.14. The lowest BCUT2D eigenvalue weighted by Crippen LogP contribution is -2.54. The fourth-order valence-electron chi connectivity index (χ4n) is 3.96. The molecule has 43 heavy (non-hydrogen) atoms. The summed E-state index contributed by atoms with van der Waals surface area (Å²) in [5, 5.41) is 0. The quantitative estimate of drug-likeness (QED) is 0.180. The van der Waals surface area contributed by atoms with Gasteiger partial charge < -0.3 is 16.7 Å². The molecule has 0 aliphatic heterocycles. The van der Waals surface area contributed by atoms with Gasteiger partial charge in [-0.1, -0.05) is 60.7 Å². The van der Waals surface area contributed by atoms with Gasteiger partial charge in [0, 0.05) is 0 Å². The molecule has 0 amide bonds. The van der Waals surface area contributed by atoms with Crippen molar-refractivity contribution in [1.29, 1.82) is 0 Å². The number of rotatable bonds is 10. The summed E-state index contributed by atoms with van der Waals surface area (Å²) in [5.74, 6) is -1.58. The summed E-state index contributed by atoms with van der Waals surface area (Å²) in [7, 11) is -9.61. The topological polar surface area (TPSA) is 105 Å². The van der Waals surface area contributed by atoms with Crippen LogP contribution in [-0.2, 0) is 26.2 Å². The van der Waals surface area contributed by atoms with E-state index in [0.29, 0.717) is 48.5 Å². The molecule has 0 aliphatic rings. The van der Waals surface area contributed by atoms with Gasteiger partial charge in [0.05, 0.1) is 0 Å². The van der Waals surface area contributed by atoms with E-state index in [9.17, 15) is 43.2 Å². The van der Waals surface area contributed by atoms with Gasteiger partial charge in [-0.05, 0) is 59.7 Å². The van der Waals surface area contributed by atoms with Gasteiger partial charge in [0.15, 0.2) is 0 Å². The van der Waals surface area contributed by atoms with E-state index in [1.807, 2.05) is 0 Å². The summed E-state index contributed by atoms with van der Waals surface area (Å²) in [5.41, 5.74) is -7.31. The molecule has 0 fully saturated rings. The first-order valence-corrected chi connectivity index (χ1v) is 14.4. The Balaban J connectivity index is 1.65. The van der Waals surface area contributed by atoms with Crippen molar-refractivity contribution in [1.82, 2.24) is 0 Å². The Morgan fingerprint density at radius 1 is 0.395 bits per heavy atom. The third-order valence-corrected chi connectivity index (χ3v) is 7.29. The zero-order chi connectivity index (χ0) is 31.5. The van der Waals surface area contributed by atoms with Crippen LogP contribution in [0.2, 0.25) is 0 Å². The molecule has 228 valence electrons. The number of halogens is 6. The second-order valence-electron chi connectivity index (χ2n) is 8.57. The first-order chi connectivity index (χ1) is 20.0. The average molecular weight is 649 g/mol. The largest absolute Gasteiger partial charge is 0.500 e. The normalized spacial score (nSPS) is 12.8. The van der Waals surface area contributed by atoms with Crippen LogP contribution in [-0.4, -0.2) is 29.2 Å². The molecular formula is C27H18F6O8S2. The van der Waals surface area contributed by atoms with Crippen LogP contribution in [0.15, 0.2) is 109 Å². The molecule has 16 heteroatoms. The van der Waals surface area contributed by atoms with Crippen LogP contribution in [0.3, 0.4) is 0 Å². The van der Waals surface area contributed by atoms with E-state index in [2.05, 4.69) is 16.7 Å². The molecule has 0 N–H and O–H groups in total. The van der Waals surface area contributed by atoms with Gasteiger partial charge in [-0.25, -0.2) is 0 Å². The first kappa shape index (κ1) is 31.5. The Kier molecular flexibility index (Phi) is 8.56. The highest BCUT2D eigenvalue weighted by molar-refractivity contribution is 7.82. The van der Waals surface area contributed by atoms with Crippen molar-refractivity contribution >= 4 is 20.8 Å². The lowest BCUT2D eigenvalue weighted by molar-refractivity contribution is -0.288. The second kappa shape index (κ2) is 11.7. The Hall–Kier alpha value is -4.44. The van der Waals surface area contributed by atoms with Crippen LogP contribution < -0.4 is 16.7 Å². The number of hydrogen-bond acceptors (Lipinski definition) is 8. The Morgan fingerprint density at radius 3 is 0.907 bits per heavy atom. The van der Waals surface area contributed by atoms with Gasteiger partial charge in [0.2, 0.25) is 5.41 Å². The third-order valence-electron chi connectivity index (χ3n) is 5.70. The number of alkyl halides is 6. The van der Waals surface area contributed by atoms with Gasteiger partial charge in [-0.15, -0.1) is 16.8 Å². The molecule has 0 bridgehead atoms. The summed E-state index contributed by atoms with van der Waals surface area (Å²) in [6.45, 7) is 0. The van der Waals surface area contributed by atoms with E-state index in [1.165, 1.54) is 48.5 Å². The fourth-order valence-corrected chi connectivity index (χ4v) is 5.42. The minimum Gasteiger partial charge on any atom is -0.353 e. The van der Waals surface area contributed by atoms with Crippen molar-refractivity contribution in [3.05, 3.63) is 120 Å². The van der Waals surface area contributed by atoms with Crippen molar-refractivity contribution in [3.63, 3.8) is 0 Å². The summed E-state index contributed by atoms with van der Waals surface area (Å²) < 4.78 is 154. The minimum absolute atomic E-state index is 0.154. The predicted molar refractivity (Wildman–Crippen MR) is 139 cm³/mol. The first-order valence-electron chi connectivity index (χ1n) is 11.7. The SMILES string of the molecule is O=S(=O)(Oc1ccccc1)Oc1ccc(C(c2ccc(OS(=O)(=O)Oc3ccccc3)cc2)(C(F)(F)F)C(F)(F)F)cc1. The molecule has 0 aliphatic carbocycles. The Bertz CT molecular complexity index is 1610. The lowest BCUT2D eigenvalue weighted by Gasteiger charge is -2.38. The Morgan fingerprint density at radius 2 is 0.651 bits per heavy atom. The molecule has 4 aromatic rings. The maximum Gasteiger partial charge on any atom is 0.500 e. The van der Waals surface area contributed by atoms with Crippen LogP contribution in [0.1, 0.15) is 11.1 Å². The van der Waals surface area contributed by atoms with Crippen LogP contribution in [0, 0.1) is 0 Å². The van der Waals surface area contributed by atoms with E-state index in [-0.39, 0.29) is 11.5 Å².